The van der Waals surface area contributed by atoms with Crippen LogP contribution in [0.3, 0.4) is 0 Å². The quantitative estimate of drug-likeness (QED) is 0.687. The van der Waals surface area contributed by atoms with Crippen molar-refractivity contribution in [2.24, 2.45) is 0 Å². The van der Waals surface area contributed by atoms with E-state index in [0.717, 1.165) is 39.3 Å². The molecule has 2 aromatic heterocycles. The van der Waals surface area contributed by atoms with Gasteiger partial charge in [-0.05, 0) is 50.5 Å². The number of nitrogens with one attached hydrogen (secondary N) is 1. The molecule has 6 heteroatoms. The summed E-state index contributed by atoms with van der Waals surface area (Å²) in [7, 11) is 0. The Bertz CT molecular complexity index is 934. The van der Waals surface area contributed by atoms with Crippen molar-refractivity contribution in [3.8, 4) is 0 Å². The summed E-state index contributed by atoms with van der Waals surface area (Å²) in [6, 6.07) is 7.54. The maximum absolute atomic E-state index is 12.9. The Morgan fingerprint density at radius 3 is 2.52 bits per heavy atom. The zero-order valence-electron chi connectivity index (χ0n) is 14.7. The standard InChI is InChI=1S/C19H20ClN3OS/c1-5-15(13-6-8-14(20)9-7-13)23-18(24)17-10(2)16-11(3)21-12(4)22-19(16)25-17/h6-9,15H,5H2,1-4H3,(H,23,24)/t15-/m0/s1. The van der Waals surface area contributed by atoms with Gasteiger partial charge in [0, 0.05) is 16.1 Å². The summed E-state index contributed by atoms with van der Waals surface area (Å²) in [5.41, 5.74) is 2.91. The summed E-state index contributed by atoms with van der Waals surface area (Å²) in [6.07, 6.45) is 0.801. The number of halogens is 1. The van der Waals surface area contributed by atoms with E-state index in [-0.39, 0.29) is 11.9 Å². The molecule has 0 aliphatic carbocycles. The Balaban J connectivity index is 1.92. The first-order chi connectivity index (χ1) is 11.9. The predicted molar refractivity (Wildman–Crippen MR) is 104 cm³/mol. The fourth-order valence-electron chi connectivity index (χ4n) is 3.03. The second kappa shape index (κ2) is 7.10. The molecule has 0 saturated heterocycles. The average Bonchev–Trinajstić information content (AvgIpc) is 2.90. The zero-order chi connectivity index (χ0) is 18.1. The van der Waals surface area contributed by atoms with Gasteiger partial charge in [-0.25, -0.2) is 9.97 Å². The van der Waals surface area contributed by atoms with E-state index < -0.39 is 0 Å². The maximum atomic E-state index is 12.9. The fraction of sp³-hybridized carbons (Fsp3) is 0.316. The Labute approximate surface area is 156 Å². The largest absolute Gasteiger partial charge is 0.345 e. The summed E-state index contributed by atoms with van der Waals surface area (Å²) in [5, 5.41) is 4.81. The number of rotatable bonds is 4. The smallest absolute Gasteiger partial charge is 0.262 e. The Kier molecular flexibility index (Phi) is 5.06. The molecule has 0 spiro atoms. The van der Waals surface area contributed by atoms with Crippen molar-refractivity contribution in [1.82, 2.24) is 15.3 Å². The molecule has 1 atom stereocenters. The minimum Gasteiger partial charge on any atom is -0.345 e. The lowest BCUT2D eigenvalue weighted by molar-refractivity contribution is 0.0939. The molecule has 0 fully saturated rings. The number of carbonyl (C=O) groups is 1. The van der Waals surface area contributed by atoms with Crippen molar-refractivity contribution in [2.75, 3.05) is 0 Å². The van der Waals surface area contributed by atoms with Crippen LogP contribution in [0.5, 0.6) is 0 Å². The van der Waals surface area contributed by atoms with Crippen LogP contribution in [0.15, 0.2) is 24.3 Å². The molecule has 1 N–H and O–H groups in total. The van der Waals surface area contributed by atoms with E-state index in [1.165, 1.54) is 11.3 Å². The van der Waals surface area contributed by atoms with Crippen LogP contribution in [0.25, 0.3) is 10.2 Å². The average molecular weight is 374 g/mol. The molecular formula is C19H20ClN3OS. The van der Waals surface area contributed by atoms with Gasteiger partial charge in [0.05, 0.1) is 10.9 Å². The molecule has 130 valence electrons. The van der Waals surface area contributed by atoms with Gasteiger partial charge in [-0.3, -0.25) is 4.79 Å². The van der Waals surface area contributed by atoms with Gasteiger partial charge < -0.3 is 5.32 Å². The molecule has 0 bridgehead atoms. The minimum absolute atomic E-state index is 0.0525. The van der Waals surface area contributed by atoms with Crippen molar-refractivity contribution in [1.29, 1.82) is 0 Å². The number of hydrogen-bond acceptors (Lipinski definition) is 4. The van der Waals surface area contributed by atoms with Crippen molar-refractivity contribution >= 4 is 39.1 Å². The third kappa shape index (κ3) is 3.53. The monoisotopic (exact) mass is 373 g/mol. The summed E-state index contributed by atoms with van der Waals surface area (Å²) >= 11 is 7.38. The van der Waals surface area contributed by atoms with Gasteiger partial charge in [-0.2, -0.15) is 0 Å². The van der Waals surface area contributed by atoms with Gasteiger partial charge in [-0.1, -0.05) is 30.7 Å². The Morgan fingerprint density at radius 1 is 1.20 bits per heavy atom. The van der Waals surface area contributed by atoms with Gasteiger partial charge in [0.2, 0.25) is 0 Å². The molecule has 0 aliphatic heterocycles. The van der Waals surface area contributed by atoms with E-state index in [2.05, 4.69) is 22.2 Å². The second-order valence-electron chi connectivity index (χ2n) is 6.08. The lowest BCUT2D eigenvalue weighted by atomic mass is 10.0. The molecule has 3 aromatic rings. The van der Waals surface area contributed by atoms with Gasteiger partial charge in [-0.15, -0.1) is 11.3 Å². The highest BCUT2D eigenvalue weighted by atomic mass is 35.5. The normalized spacial score (nSPS) is 12.4. The van der Waals surface area contributed by atoms with Crippen molar-refractivity contribution in [2.45, 2.75) is 40.2 Å². The molecular weight excluding hydrogens is 354 g/mol. The third-order valence-corrected chi connectivity index (χ3v) is 5.71. The summed E-state index contributed by atoms with van der Waals surface area (Å²) in [6.45, 7) is 7.84. The van der Waals surface area contributed by atoms with Crippen molar-refractivity contribution < 1.29 is 4.79 Å². The highest BCUT2D eigenvalue weighted by molar-refractivity contribution is 7.20. The van der Waals surface area contributed by atoms with Crippen LogP contribution in [0.4, 0.5) is 0 Å². The molecule has 0 radical (unpaired) electrons. The number of thiophene rings is 1. The van der Waals surface area contributed by atoms with Gasteiger partial charge in [0.1, 0.15) is 10.7 Å². The first kappa shape index (κ1) is 17.8. The van der Waals surface area contributed by atoms with Gasteiger partial charge >= 0.3 is 0 Å². The molecule has 1 aromatic carbocycles. The van der Waals surface area contributed by atoms with Crippen LogP contribution in [-0.4, -0.2) is 15.9 Å². The third-order valence-electron chi connectivity index (χ3n) is 4.28. The van der Waals surface area contributed by atoms with E-state index in [1.54, 1.807) is 0 Å². The van der Waals surface area contributed by atoms with E-state index >= 15 is 0 Å². The predicted octanol–water partition coefficient (Wildman–Crippen LogP) is 5.15. The lowest BCUT2D eigenvalue weighted by Crippen LogP contribution is -2.27. The molecule has 25 heavy (non-hydrogen) atoms. The summed E-state index contributed by atoms with van der Waals surface area (Å²) < 4.78 is 0. The van der Waals surface area contributed by atoms with Crippen LogP contribution < -0.4 is 5.32 Å². The van der Waals surface area contributed by atoms with Crippen LogP contribution >= 0.6 is 22.9 Å². The number of nitrogens with zero attached hydrogens (tertiary/aromatic N) is 2. The van der Waals surface area contributed by atoms with Crippen LogP contribution in [0, 0.1) is 20.8 Å². The van der Waals surface area contributed by atoms with Crippen LogP contribution in [0.1, 0.15) is 51.7 Å². The van der Waals surface area contributed by atoms with Crippen molar-refractivity contribution in [3.63, 3.8) is 0 Å². The lowest BCUT2D eigenvalue weighted by Gasteiger charge is -2.17. The Morgan fingerprint density at radius 2 is 1.88 bits per heavy atom. The topological polar surface area (TPSA) is 54.9 Å². The minimum atomic E-state index is -0.0700. The molecule has 0 aliphatic rings. The van der Waals surface area contributed by atoms with Crippen molar-refractivity contribution in [3.05, 3.63) is 56.8 Å². The Hall–Kier alpha value is -1.98. The molecule has 3 rings (SSSR count). The number of hydrogen-bond donors (Lipinski definition) is 1. The number of carbonyl (C=O) groups excluding carboxylic acids is 1. The molecule has 0 saturated carbocycles. The SMILES string of the molecule is CC[C@H](NC(=O)c1sc2nc(C)nc(C)c2c1C)c1ccc(Cl)cc1. The van der Waals surface area contributed by atoms with Crippen LogP contribution in [0.2, 0.25) is 5.02 Å². The first-order valence-corrected chi connectivity index (χ1v) is 9.40. The van der Waals surface area contributed by atoms with Gasteiger partial charge in [0.15, 0.2) is 0 Å². The number of benzene rings is 1. The number of amides is 1. The molecule has 2 heterocycles. The van der Waals surface area contributed by atoms with E-state index in [1.807, 2.05) is 45.0 Å². The van der Waals surface area contributed by atoms with E-state index in [4.69, 9.17) is 11.6 Å². The number of aromatic nitrogens is 2. The van der Waals surface area contributed by atoms with E-state index in [9.17, 15) is 4.79 Å². The van der Waals surface area contributed by atoms with E-state index in [0.29, 0.717) is 9.90 Å². The summed E-state index contributed by atoms with van der Waals surface area (Å²) in [5.74, 6) is 0.658. The van der Waals surface area contributed by atoms with Gasteiger partial charge in [0.25, 0.3) is 5.91 Å². The molecule has 1 amide bonds. The maximum Gasteiger partial charge on any atom is 0.262 e. The second-order valence-corrected chi connectivity index (χ2v) is 7.51. The van der Waals surface area contributed by atoms with Crippen LogP contribution in [-0.2, 0) is 0 Å². The molecule has 0 unspecified atom stereocenters. The first-order valence-electron chi connectivity index (χ1n) is 8.21. The molecule has 4 nitrogen and oxygen atoms in total. The highest BCUT2D eigenvalue weighted by Crippen LogP contribution is 2.31. The highest BCUT2D eigenvalue weighted by Gasteiger charge is 2.21. The number of fused-ring (bicyclic) bond motifs is 1. The number of aryl methyl sites for hydroxylation is 3. The summed E-state index contributed by atoms with van der Waals surface area (Å²) in [4.78, 5) is 23.3. The fourth-order valence-corrected chi connectivity index (χ4v) is 4.34. The zero-order valence-corrected chi connectivity index (χ0v) is 16.3.